The largest absolute Gasteiger partial charge is 0.421 e. The van der Waals surface area contributed by atoms with Crippen LogP contribution in [0.2, 0.25) is 0 Å². The lowest BCUT2D eigenvalue weighted by Gasteiger charge is -2.17. The Kier molecular flexibility index (Phi) is 7.00. The molecule has 0 aliphatic rings. The molecule has 0 saturated heterocycles. The van der Waals surface area contributed by atoms with Crippen LogP contribution in [0.25, 0.3) is 0 Å². The molecule has 10 heteroatoms. The van der Waals surface area contributed by atoms with Crippen molar-refractivity contribution in [3.8, 4) is 0 Å². The number of hydrogen-bond acceptors (Lipinski definition) is 5. The predicted molar refractivity (Wildman–Crippen MR) is 100 cm³/mol. The monoisotopic (exact) mass is 445 g/mol. The number of carbonyl (C=O) groups excluding carboxylic acids is 1. The number of nitrogens with one attached hydrogen (secondary N) is 3. The Morgan fingerprint density at radius 1 is 1.22 bits per heavy atom. The lowest BCUT2D eigenvalue weighted by Crippen LogP contribution is -2.27. The van der Waals surface area contributed by atoms with Gasteiger partial charge in [0.05, 0.1) is 6.04 Å². The number of benzene rings is 1. The van der Waals surface area contributed by atoms with Crippen molar-refractivity contribution >= 4 is 33.6 Å². The topological polar surface area (TPSA) is 78.9 Å². The van der Waals surface area contributed by atoms with Crippen LogP contribution in [0.1, 0.15) is 31.0 Å². The maximum absolute atomic E-state index is 13.2. The van der Waals surface area contributed by atoms with E-state index in [2.05, 4.69) is 41.8 Å². The summed E-state index contributed by atoms with van der Waals surface area (Å²) >= 11 is 3.35. The smallest absolute Gasteiger partial charge is 0.368 e. The minimum atomic E-state index is -4.59. The van der Waals surface area contributed by atoms with Crippen molar-refractivity contribution < 1.29 is 18.0 Å². The van der Waals surface area contributed by atoms with Crippen molar-refractivity contribution in [2.75, 3.05) is 23.7 Å². The molecule has 0 radical (unpaired) electrons. The van der Waals surface area contributed by atoms with Gasteiger partial charge in [-0.05, 0) is 24.6 Å². The quantitative estimate of drug-likeness (QED) is 0.561. The number of halogens is 4. The Balaban J connectivity index is 2.15. The molecule has 1 amide bonds. The normalized spacial score (nSPS) is 12.4. The SMILES string of the molecule is CC(=O)NCCNc1nc(NC(C)c2ccc(Br)cc2)ncc1C(F)(F)F. The molecule has 0 saturated carbocycles. The van der Waals surface area contributed by atoms with E-state index in [1.54, 1.807) is 0 Å². The van der Waals surface area contributed by atoms with Crippen LogP contribution in [-0.2, 0) is 11.0 Å². The second-order valence-corrected chi connectivity index (χ2v) is 6.70. The van der Waals surface area contributed by atoms with Gasteiger partial charge < -0.3 is 16.0 Å². The molecule has 0 aliphatic heterocycles. The molecule has 1 aromatic carbocycles. The number of aromatic nitrogens is 2. The van der Waals surface area contributed by atoms with Gasteiger partial charge in [0.25, 0.3) is 0 Å². The van der Waals surface area contributed by atoms with Gasteiger partial charge in [-0.1, -0.05) is 28.1 Å². The van der Waals surface area contributed by atoms with Gasteiger partial charge >= 0.3 is 6.18 Å². The number of alkyl halides is 3. The molecule has 3 N–H and O–H groups in total. The Morgan fingerprint density at radius 3 is 2.48 bits per heavy atom. The molecule has 0 bridgehead atoms. The van der Waals surface area contributed by atoms with E-state index in [1.807, 2.05) is 31.2 Å². The average Bonchev–Trinajstić information content (AvgIpc) is 2.58. The van der Waals surface area contributed by atoms with Crippen LogP contribution in [0, 0.1) is 0 Å². The minimum absolute atomic E-state index is 0.0699. The van der Waals surface area contributed by atoms with Crippen molar-refractivity contribution in [2.45, 2.75) is 26.1 Å². The maximum atomic E-state index is 13.2. The second-order valence-electron chi connectivity index (χ2n) is 5.78. The summed E-state index contributed by atoms with van der Waals surface area (Å²) in [6, 6.07) is 7.31. The molecular formula is C17H19BrF3N5O. The van der Waals surface area contributed by atoms with E-state index in [9.17, 15) is 18.0 Å². The molecule has 0 spiro atoms. The summed E-state index contributed by atoms with van der Waals surface area (Å²) in [6.07, 6.45) is -3.85. The molecule has 0 aliphatic carbocycles. The van der Waals surface area contributed by atoms with Crippen molar-refractivity contribution in [2.24, 2.45) is 0 Å². The summed E-state index contributed by atoms with van der Waals surface area (Å²) < 4.78 is 40.4. The Morgan fingerprint density at radius 2 is 1.89 bits per heavy atom. The van der Waals surface area contributed by atoms with Gasteiger partial charge in [-0.3, -0.25) is 4.79 Å². The summed E-state index contributed by atoms with van der Waals surface area (Å²) in [7, 11) is 0. The minimum Gasteiger partial charge on any atom is -0.368 e. The first kappa shape index (κ1) is 20.9. The molecule has 1 heterocycles. The summed E-state index contributed by atoms with van der Waals surface area (Å²) in [5.41, 5.74) is -0.0333. The Labute approximate surface area is 163 Å². The van der Waals surface area contributed by atoms with E-state index in [0.717, 1.165) is 16.2 Å². The van der Waals surface area contributed by atoms with Crippen LogP contribution >= 0.6 is 15.9 Å². The highest BCUT2D eigenvalue weighted by Gasteiger charge is 2.35. The molecule has 1 aromatic heterocycles. The average molecular weight is 446 g/mol. The molecule has 0 fully saturated rings. The maximum Gasteiger partial charge on any atom is 0.421 e. The standard InChI is InChI=1S/C17H19BrF3N5O/c1-10(12-3-5-13(18)6-4-12)25-16-24-9-14(17(19,20)21)15(26-16)23-8-7-22-11(2)27/h3-6,9-10H,7-8H2,1-2H3,(H,22,27)(H2,23,24,25,26). The van der Waals surface area contributed by atoms with Crippen LogP contribution in [0.15, 0.2) is 34.9 Å². The predicted octanol–water partition coefficient (Wildman–Crippen LogP) is 3.98. The molecule has 6 nitrogen and oxygen atoms in total. The van der Waals surface area contributed by atoms with E-state index in [1.165, 1.54) is 6.92 Å². The number of nitrogens with zero attached hydrogens (tertiary/aromatic N) is 2. The van der Waals surface area contributed by atoms with Crippen LogP contribution in [0.5, 0.6) is 0 Å². The van der Waals surface area contributed by atoms with E-state index < -0.39 is 11.7 Å². The molecule has 2 aromatic rings. The zero-order valence-electron chi connectivity index (χ0n) is 14.7. The first-order chi connectivity index (χ1) is 12.7. The van der Waals surface area contributed by atoms with Gasteiger partial charge in [-0.25, -0.2) is 4.98 Å². The second kappa shape index (κ2) is 9.03. The molecular weight excluding hydrogens is 427 g/mol. The van der Waals surface area contributed by atoms with Crippen molar-refractivity contribution in [1.29, 1.82) is 0 Å². The summed E-state index contributed by atoms with van der Waals surface area (Å²) in [4.78, 5) is 18.6. The first-order valence-electron chi connectivity index (χ1n) is 8.11. The van der Waals surface area contributed by atoms with Gasteiger partial charge in [-0.15, -0.1) is 0 Å². The van der Waals surface area contributed by atoms with Crippen molar-refractivity contribution in [3.63, 3.8) is 0 Å². The first-order valence-corrected chi connectivity index (χ1v) is 8.90. The van der Waals surface area contributed by atoms with E-state index >= 15 is 0 Å². The summed E-state index contributed by atoms with van der Waals surface area (Å²) in [5, 5.41) is 8.10. The number of carbonyl (C=O) groups is 1. The van der Waals surface area contributed by atoms with Gasteiger partial charge in [-0.2, -0.15) is 18.2 Å². The van der Waals surface area contributed by atoms with Crippen molar-refractivity contribution in [3.05, 3.63) is 46.1 Å². The lowest BCUT2D eigenvalue weighted by atomic mass is 10.1. The molecule has 27 heavy (non-hydrogen) atoms. The number of hydrogen-bond donors (Lipinski definition) is 3. The number of rotatable bonds is 7. The summed E-state index contributed by atoms with van der Waals surface area (Å²) in [6.45, 7) is 3.46. The van der Waals surface area contributed by atoms with Crippen LogP contribution in [-0.4, -0.2) is 29.0 Å². The van der Waals surface area contributed by atoms with Crippen LogP contribution in [0.3, 0.4) is 0 Å². The fourth-order valence-corrected chi connectivity index (χ4v) is 2.51. The molecule has 1 unspecified atom stereocenters. The third-order valence-electron chi connectivity index (χ3n) is 3.60. The van der Waals surface area contributed by atoms with E-state index in [4.69, 9.17) is 0 Å². The van der Waals surface area contributed by atoms with E-state index in [-0.39, 0.29) is 36.8 Å². The highest BCUT2D eigenvalue weighted by atomic mass is 79.9. The van der Waals surface area contributed by atoms with Crippen LogP contribution < -0.4 is 16.0 Å². The fraction of sp³-hybridized carbons (Fsp3) is 0.353. The van der Waals surface area contributed by atoms with Gasteiger partial charge in [0.15, 0.2) is 0 Å². The van der Waals surface area contributed by atoms with Gasteiger partial charge in [0.2, 0.25) is 11.9 Å². The molecule has 1 atom stereocenters. The zero-order chi connectivity index (χ0) is 20.0. The van der Waals surface area contributed by atoms with Gasteiger partial charge in [0.1, 0.15) is 11.4 Å². The third kappa shape index (κ3) is 6.38. The lowest BCUT2D eigenvalue weighted by molar-refractivity contribution is -0.137. The highest BCUT2D eigenvalue weighted by Crippen LogP contribution is 2.34. The van der Waals surface area contributed by atoms with Crippen LogP contribution in [0.4, 0.5) is 24.9 Å². The fourth-order valence-electron chi connectivity index (χ4n) is 2.24. The zero-order valence-corrected chi connectivity index (χ0v) is 16.3. The third-order valence-corrected chi connectivity index (χ3v) is 4.13. The molecule has 146 valence electrons. The Hall–Kier alpha value is -2.36. The Bertz CT molecular complexity index is 783. The van der Waals surface area contributed by atoms with Crippen molar-refractivity contribution in [1.82, 2.24) is 15.3 Å². The molecule has 2 rings (SSSR count). The summed E-state index contributed by atoms with van der Waals surface area (Å²) in [5.74, 6) is -0.532. The number of amides is 1. The van der Waals surface area contributed by atoms with Gasteiger partial charge in [0, 0.05) is 30.7 Å². The highest BCUT2D eigenvalue weighted by molar-refractivity contribution is 9.10. The number of anilines is 2. The van der Waals surface area contributed by atoms with E-state index in [0.29, 0.717) is 0 Å².